The number of piperidine rings is 1. The molecule has 6 heteroatoms. The molecule has 0 amide bonds. The second kappa shape index (κ2) is 10.2. The van der Waals surface area contributed by atoms with Crippen molar-refractivity contribution in [1.29, 1.82) is 0 Å². The van der Waals surface area contributed by atoms with Gasteiger partial charge in [-0.15, -0.1) is 0 Å². The molecule has 140 valence electrons. The third-order valence-electron chi connectivity index (χ3n) is 4.66. The van der Waals surface area contributed by atoms with Crippen LogP contribution in [0, 0.1) is 0 Å². The molecule has 0 unspecified atom stereocenters. The summed E-state index contributed by atoms with van der Waals surface area (Å²) in [6.45, 7) is 5.95. The minimum atomic E-state index is 0.0405. The summed E-state index contributed by atoms with van der Waals surface area (Å²) < 4.78 is 5.27. The molecule has 3 rings (SSSR count). The highest BCUT2D eigenvalue weighted by Gasteiger charge is 2.10. The lowest BCUT2D eigenvalue weighted by molar-refractivity contribution is 0.0985. The standard InChI is InChI=1S/C20H28N4O2/c25-20(16-21-8-11-24-9-2-1-3-10-24)19-7-6-17(14-23-19)13-22-15-18-5-4-12-26-18/h4-7,12,14,21-22H,1-3,8-11,13,15-16H2. The molecule has 0 saturated carbocycles. The summed E-state index contributed by atoms with van der Waals surface area (Å²) in [5.74, 6) is 0.944. The van der Waals surface area contributed by atoms with E-state index in [1.807, 2.05) is 18.2 Å². The van der Waals surface area contributed by atoms with Crippen LogP contribution in [0.15, 0.2) is 41.1 Å². The maximum atomic E-state index is 12.2. The molecule has 0 radical (unpaired) electrons. The van der Waals surface area contributed by atoms with Crippen molar-refractivity contribution in [2.24, 2.45) is 0 Å². The van der Waals surface area contributed by atoms with Gasteiger partial charge in [-0.05, 0) is 49.7 Å². The average Bonchev–Trinajstić information content (AvgIpc) is 3.20. The fourth-order valence-electron chi connectivity index (χ4n) is 3.15. The van der Waals surface area contributed by atoms with E-state index in [2.05, 4.69) is 20.5 Å². The Labute approximate surface area is 155 Å². The van der Waals surface area contributed by atoms with E-state index >= 15 is 0 Å². The summed E-state index contributed by atoms with van der Waals surface area (Å²) in [7, 11) is 0. The lowest BCUT2D eigenvalue weighted by atomic mass is 10.1. The third kappa shape index (κ3) is 6.05. The molecule has 1 aliphatic heterocycles. The molecule has 0 spiro atoms. The number of nitrogens with one attached hydrogen (secondary N) is 2. The second-order valence-corrected chi connectivity index (χ2v) is 6.74. The smallest absolute Gasteiger partial charge is 0.194 e. The Morgan fingerprint density at radius 1 is 1.12 bits per heavy atom. The number of pyridine rings is 1. The van der Waals surface area contributed by atoms with Crippen LogP contribution in [0.4, 0.5) is 0 Å². The van der Waals surface area contributed by atoms with Crippen LogP contribution >= 0.6 is 0 Å². The van der Waals surface area contributed by atoms with E-state index in [0.29, 0.717) is 25.3 Å². The molecule has 1 fully saturated rings. The number of likely N-dealkylation sites (tertiary alicyclic amines) is 1. The fourth-order valence-corrected chi connectivity index (χ4v) is 3.15. The van der Waals surface area contributed by atoms with Crippen LogP contribution in [0.1, 0.15) is 41.1 Å². The van der Waals surface area contributed by atoms with Crippen molar-refractivity contribution in [1.82, 2.24) is 20.5 Å². The number of carbonyl (C=O) groups is 1. The Morgan fingerprint density at radius 2 is 2.00 bits per heavy atom. The zero-order chi connectivity index (χ0) is 18.0. The van der Waals surface area contributed by atoms with Gasteiger partial charge in [0.25, 0.3) is 0 Å². The number of aromatic nitrogens is 1. The van der Waals surface area contributed by atoms with E-state index < -0.39 is 0 Å². The molecule has 0 bridgehead atoms. The molecular formula is C20H28N4O2. The summed E-state index contributed by atoms with van der Waals surface area (Å²) in [6, 6.07) is 7.56. The lowest BCUT2D eigenvalue weighted by Gasteiger charge is -2.26. The van der Waals surface area contributed by atoms with Gasteiger partial charge in [0.05, 0.1) is 19.4 Å². The molecule has 2 N–H and O–H groups in total. The van der Waals surface area contributed by atoms with Crippen molar-refractivity contribution >= 4 is 5.78 Å². The lowest BCUT2D eigenvalue weighted by Crippen LogP contribution is -2.37. The molecule has 1 aliphatic rings. The van der Waals surface area contributed by atoms with Crippen LogP contribution in [-0.4, -0.2) is 48.4 Å². The van der Waals surface area contributed by atoms with Crippen molar-refractivity contribution in [3.63, 3.8) is 0 Å². The Hall–Kier alpha value is -2.02. The topological polar surface area (TPSA) is 70.4 Å². The first kappa shape index (κ1) is 18.8. The van der Waals surface area contributed by atoms with Gasteiger partial charge in [-0.3, -0.25) is 9.78 Å². The molecule has 3 heterocycles. The van der Waals surface area contributed by atoms with Crippen LogP contribution in [0.2, 0.25) is 0 Å². The van der Waals surface area contributed by atoms with Gasteiger partial charge in [0.15, 0.2) is 5.78 Å². The van der Waals surface area contributed by atoms with Gasteiger partial charge >= 0.3 is 0 Å². The van der Waals surface area contributed by atoms with Crippen LogP contribution in [0.25, 0.3) is 0 Å². The van der Waals surface area contributed by atoms with Crippen molar-refractivity contribution in [3.05, 3.63) is 53.7 Å². The van der Waals surface area contributed by atoms with Gasteiger partial charge in [-0.1, -0.05) is 12.5 Å². The van der Waals surface area contributed by atoms with E-state index in [0.717, 1.165) is 24.4 Å². The first-order valence-electron chi connectivity index (χ1n) is 9.45. The van der Waals surface area contributed by atoms with Crippen molar-refractivity contribution in [2.75, 3.05) is 32.7 Å². The van der Waals surface area contributed by atoms with E-state index in [1.54, 1.807) is 18.5 Å². The van der Waals surface area contributed by atoms with Crippen LogP contribution in [-0.2, 0) is 13.1 Å². The fraction of sp³-hybridized carbons (Fsp3) is 0.500. The Kier molecular flexibility index (Phi) is 7.37. The van der Waals surface area contributed by atoms with Gasteiger partial charge in [0.2, 0.25) is 0 Å². The van der Waals surface area contributed by atoms with Crippen molar-refractivity contribution in [2.45, 2.75) is 32.4 Å². The normalized spacial score (nSPS) is 15.2. The second-order valence-electron chi connectivity index (χ2n) is 6.74. The SMILES string of the molecule is O=C(CNCCN1CCCCC1)c1ccc(CNCc2ccco2)cn1. The number of nitrogens with zero attached hydrogens (tertiary/aromatic N) is 2. The van der Waals surface area contributed by atoms with Crippen molar-refractivity contribution < 1.29 is 9.21 Å². The van der Waals surface area contributed by atoms with E-state index in [9.17, 15) is 4.79 Å². The average molecular weight is 356 g/mol. The van der Waals surface area contributed by atoms with E-state index in [-0.39, 0.29) is 5.78 Å². The monoisotopic (exact) mass is 356 g/mol. The molecule has 2 aromatic rings. The molecule has 0 atom stereocenters. The largest absolute Gasteiger partial charge is 0.468 e. The number of rotatable bonds is 10. The Bertz CT molecular complexity index is 649. The number of ketones is 1. The molecule has 2 aromatic heterocycles. The van der Waals surface area contributed by atoms with E-state index in [1.165, 1.54) is 32.4 Å². The van der Waals surface area contributed by atoms with Gasteiger partial charge in [0, 0.05) is 25.8 Å². The highest BCUT2D eigenvalue weighted by atomic mass is 16.3. The summed E-state index contributed by atoms with van der Waals surface area (Å²) in [6.07, 6.45) is 7.37. The van der Waals surface area contributed by atoms with Crippen molar-refractivity contribution in [3.8, 4) is 0 Å². The molecule has 0 aromatic carbocycles. The number of hydrogen-bond acceptors (Lipinski definition) is 6. The number of furan rings is 1. The summed E-state index contributed by atoms with van der Waals surface area (Å²) in [5, 5.41) is 6.53. The maximum absolute atomic E-state index is 12.2. The number of hydrogen-bond donors (Lipinski definition) is 2. The zero-order valence-corrected chi connectivity index (χ0v) is 15.2. The quantitative estimate of drug-likeness (QED) is 0.502. The van der Waals surface area contributed by atoms with Crippen LogP contribution in [0.3, 0.4) is 0 Å². The predicted octanol–water partition coefficient (Wildman–Crippen LogP) is 2.22. The molecule has 1 saturated heterocycles. The van der Waals surface area contributed by atoms with E-state index in [4.69, 9.17) is 4.42 Å². The Morgan fingerprint density at radius 3 is 2.73 bits per heavy atom. The first-order valence-corrected chi connectivity index (χ1v) is 9.45. The zero-order valence-electron chi connectivity index (χ0n) is 15.2. The highest BCUT2D eigenvalue weighted by Crippen LogP contribution is 2.07. The van der Waals surface area contributed by atoms with Gasteiger partial charge < -0.3 is 20.0 Å². The molecular weight excluding hydrogens is 328 g/mol. The van der Waals surface area contributed by atoms with Gasteiger partial charge in [-0.25, -0.2) is 0 Å². The van der Waals surface area contributed by atoms with Gasteiger partial charge in [0.1, 0.15) is 11.5 Å². The molecule has 0 aliphatic carbocycles. The Balaban J connectivity index is 1.33. The summed E-state index contributed by atoms with van der Waals surface area (Å²) in [4.78, 5) is 19.0. The summed E-state index contributed by atoms with van der Waals surface area (Å²) >= 11 is 0. The third-order valence-corrected chi connectivity index (χ3v) is 4.66. The van der Waals surface area contributed by atoms with Crippen LogP contribution < -0.4 is 10.6 Å². The maximum Gasteiger partial charge on any atom is 0.194 e. The van der Waals surface area contributed by atoms with Gasteiger partial charge in [-0.2, -0.15) is 0 Å². The van der Waals surface area contributed by atoms with Crippen LogP contribution in [0.5, 0.6) is 0 Å². The molecule has 26 heavy (non-hydrogen) atoms. The first-order chi connectivity index (χ1) is 12.8. The minimum Gasteiger partial charge on any atom is -0.468 e. The summed E-state index contributed by atoms with van der Waals surface area (Å²) in [5.41, 5.74) is 1.57. The number of Topliss-reactive ketones (excluding diaryl/α,β-unsaturated/α-hetero) is 1. The predicted molar refractivity (Wildman–Crippen MR) is 101 cm³/mol. The minimum absolute atomic E-state index is 0.0405. The highest BCUT2D eigenvalue weighted by molar-refractivity contribution is 5.95. The molecule has 6 nitrogen and oxygen atoms in total. The number of carbonyl (C=O) groups excluding carboxylic acids is 1.